The first-order valence-corrected chi connectivity index (χ1v) is 5.66. The van der Waals surface area contributed by atoms with E-state index in [1.807, 2.05) is 32.9 Å². The van der Waals surface area contributed by atoms with E-state index in [9.17, 15) is 4.79 Å². The molecule has 0 bridgehead atoms. The normalized spacial score (nSPS) is 10.5. The monoisotopic (exact) mass is 221 g/mol. The molecule has 0 amide bonds. The standard InChI is InChI=1S/C13H19NO2/c1-4-10(5-2)16-13(15)12-9(3)7-6-8-11(12)14/h6-8,10H,4-5,14H2,1-3H3. The van der Waals surface area contributed by atoms with Gasteiger partial charge in [0.05, 0.1) is 5.56 Å². The number of anilines is 1. The van der Waals surface area contributed by atoms with Crippen molar-refractivity contribution in [2.45, 2.75) is 39.7 Å². The minimum absolute atomic E-state index is 0.0218. The zero-order chi connectivity index (χ0) is 12.1. The van der Waals surface area contributed by atoms with Crippen LogP contribution in [0.2, 0.25) is 0 Å². The third-order valence-electron chi connectivity index (χ3n) is 2.69. The van der Waals surface area contributed by atoms with Gasteiger partial charge in [0.1, 0.15) is 6.10 Å². The van der Waals surface area contributed by atoms with Crippen molar-refractivity contribution in [1.82, 2.24) is 0 Å². The van der Waals surface area contributed by atoms with Crippen molar-refractivity contribution in [3.05, 3.63) is 29.3 Å². The summed E-state index contributed by atoms with van der Waals surface area (Å²) in [6.45, 7) is 5.87. The molecule has 0 aliphatic heterocycles. The molecule has 0 radical (unpaired) electrons. The number of nitrogen functional groups attached to an aromatic ring is 1. The number of carbonyl (C=O) groups is 1. The van der Waals surface area contributed by atoms with Crippen molar-refractivity contribution in [3.8, 4) is 0 Å². The van der Waals surface area contributed by atoms with Gasteiger partial charge in [0.2, 0.25) is 0 Å². The fraction of sp³-hybridized carbons (Fsp3) is 0.462. The van der Waals surface area contributed by atoms with Crippen LogP contribution in [-0.2, 0) is 4.74 Å². The lowest BCUT2D eigenvalue weighted by atomic mass is 10.1. The van der Waals surface area contributed by atoms with Gasteiger partial charge < -0.3 is 10.5 Å². The number of esters is 1. The Labute approximate surface area is 96.6 Å². The summed E-state index contributed by atoms with van der Waals surface area (Å²) in [5, 5.41) is 0. The highest BCUT2D eigenvalue weighted by atomic mass is 16.5. The third-order valence-corrected chi connectivity index (χ3v) is 2.69. The van der Waals surface area contributed by atoms with Crippen LogP contribution in [0.3, 0.4) is 0 Å². The highest BCUT2D eigenvalue weighted by molar-refractivity contribution is 5.96. The van der Waals surface area contributed by atoms with Crippen molar-refractivity contribution in [2.75, 3.05) is 5.73 Å². The molecule has 0 unspecified atom stereocenters. The minimum Gasteiger partial charge on any atom is -0.459 e. The van der Waals surface area contributed by atoms with Crippen LogP contribution >= 0.6 is 0 Å². The molecule has 0 heterocycles. The maximum Gasteiger partial charge on any atom is 0.340 e. The maximum atomic E-state index is 11.9. The van der Waals surface area contributed by atoms with E-state index in [0.717, 1.165) is 18.4 Å². The van der Waals surface area contributed by atoms with E-state index >= 15 is 0 Å². The molecule has 1 rings (SSSR count). The summed E-state index contributed by atoms with van der Waals surface area (Å²) < 4.78 is 5.38. The second-order valence-corrected chi connectivity index (χ2v) is 3.88. The van der Waals surface area contributed by atoms with Crippen molar-refractivity contribution in [1.29, 1.82) is 0 Å². The molecule has 3 nitrogen and oxygen atoms in total. The summed E-state index contributed by atoms with van der Waals surface area (Å²) in [5.41, 5.74) is 7.61. The molecule has 0 saturated heterocycles. The lowest BCUT2D eigenvalue weighted by Crippen LogP contribution is -2.18. The summed E-state index contributed by atoms with van der Waals surface area (Å²) in [5.74, 6) is -0.315. The molecule has 16 heavy (non-hydrogen) atoms. The Bertz CT molecular complexity index is 350. The summed E-state index contributed by atoms with van der Waals surface area (Å²) in [7, 11) is 0. The van der Waals surface area contributed by atoms with Crippen LogP contribution < -0.4 is 5.73 Å². The van der Waals surface area contributed by atoms with E-state index in [4.69, 9.17) is 10.5 Å². The number of benzene rings is 1. The molecule has 0 spiro atoms. The Morgan fingerprint density at radius 3 is 2.50 bits per heavy atom. The summed E-state index contributed by atoms with van der Waals surface area (Å²) in [6.07, 6.45) is 1.63. The Morgan fingerprint density at radius 2 is 2.00 bits per heavy atom. The van der Waals surface area contributed by atoms with Gasteiger partial charge in [-0.15, -0.1) is 0 Å². The average molecular weight is 221 g/mol. The van der Waals surface area contributed by atoms with Crippen molar-refractivity contribution in [2.24, 2.45) is 0 Å². The number of carbonyl (C=O) groups excluding carboxylic acids is 1. The van der Waals surface area contributed by atoms with Crippen LogP contribution in [0.25, 0.3) is 0 Å². The second-order valence-electron chi connectivity index (χ2n) is 3.88. The van der Waals surface area contributed by atoms with Gasteiger partial charge in [0.15, 0.2) is 0 Å². The van der Waals surface area contributed by atoms with Crippen molar-refractivity contribution >= 4 is 11.7 Å². The molecule has 1 aromatic rings. The summed E-state index contributed by atoms with van der Waals surface area (Å²) in [6, 6.07) is 5.41. The lowest BCUT2D eigenvalue weighted by molar-refractivity contribution is 0.0285. The number of hydrogen-bond donors (Lipinski definition) is 1. The number of hydrogen-bond acceptors (Lipinski definition) is 3. The lowest BCUT2D eigenvalue weighted by Gasteiger charge is -2.15. The quantitative estimate of drug-likeness (QED) is 0.628. The first kappa shape index (κ1) is 12.6. The SMILES string of the molecule is CCC(CC)OC(=O)c1c(C)cccc1N. The molecular formula is C13H19NO2. The zero-order valence-electron chi connectivity index (χ0n) is 10.1. The third kappa shape index (κ3) is 2.75. The van der Waals surface area contributed by atoms with Crippen LogP contribution in [0.1, 0.15) is 42.6 Å². The van der Waals surface area contributed by atoms with Gasteiger partial charge in [-0.1, -0.05) is 26.0 Å². The van der Waals surface area contributed by atoms with E-state index in [1.165, 1.54) is 0 Å². The Balaban J connectivity index is 2.88. The number of nitrogens with two attached hydrogens (primary N) is 1. The molecule has 1 aromatic carbocycles. The molecule has 0 aliphatic rings. The predicted octanol–water partition coefficient (Wildman–Crippen LogP) is 2.92. The minimum atomic E-state index is -0.315. The second kappa shape index (κ2) is 5.54. The molecule has 0 fully saturated rings. The van der Waals surface area contributed by atoms with Crippen molar-refractivity contribution in [3.63, 3.8) is 0 Å². The van der Waals surface area contributed by atoms with Crippen LogP contribution in [-0.4, -0.2) is 12.1 Å². The largest absolute Gasteiger partial charge is 0.459 e. The Kier molecular flexibility index (Phi) is 4.35. The predicted molar refractivity (Wildman–Crippen MR) is 65.4 cm³/mol. The molecule has 0 saturated carbocycles. The van der Waals surface area contributed by atoms with Gasteiger partial charge in [0, 0.05) is 5.69 Å². The van der Waals surface area contributed by atoms with E-state index < -0.39 is 0 Å². The van der Waals surface area contributed by atoms with Gasteiger partial charge >= 0.3 is 5.97 Å². The summed E-state index contributed by atoms with van der Waals surface area (Å²) >= 11 is 0. The maximum absolute atomic E-state index is 11.9. The van der Waals surface area contributed by atoms with Gasteiger partial charge in [-0.2, -0.15) is 0 Å². The first-order chi connectivity index (χ1) is 7.60. The van der Waals surface area contributed by atoms with Crippen LogP contribution in [0.4, 0.5) is 5.69 Å². The van der Waals surface area contributed by atoms with Crippen molar-refractivity contribution < 1.29 is 9.53 Å². The van der Waals surface area contributed by atoms with Crippen LogP contribution in [0.15, 0.2) is 18.2 Å². The molecule has 3 heteroatoms. The number of aryl methyl sites for hydroxylation is 1. The van der Waals surface area contributed by atoms with Crippen LogP contribution in [0, 0.1) is 6.92 Å². The molecule has 2 N–H and O–H groups in total. The van der Waals surface area contributed by atoms with Crippen LogP contribution in [0.5, 0.6) is 0 Å². The average Bonchev–Trinajstić information content (AvgIpc) is 2.25. The Hall–Kier alpha value is -1.51. The van der Waals surface area contributed by atoms with E-state index in [-0.39, 0.29) is 12.1 Å². The smallest absolute Gasteiger partial charge is 0.340 e. The fourth-order valence-electron chi connectivity index (χ4n) is 1.63. The molecular weight excluding hydrogens is 202 g/mol. The van der Waals surface area contributed by atoms with Gasteiger partial charge in [-0.05, 0) is 31.4 Å². The molecule has 0 aromatic heterocycles. The van der Waals surface area contributed by atoms with E-state index in [0.29, 0.717) is 11.3 Å². The van der Waals surface area contributed by atoms with Gasteiger partial charge in [-0.25, -0.2) is 4.79 Å². The Morgan fingerprint density at radius 1 is 1.38 bits per heavy atom. The molecule has 0 atom stereocenters. The first-order valence-electron chi connectivity index (χ1n) is 5.66. The zero-order valence-corrected chi connectivity index (χ0v) is 10.1. The number of rotatable bonds is 4. The molecule has 0 aliphatic carbocycles. The number of ether oxygens (including phenoxy) is 1. The summed E-state index contributed by atoms with van der Waals surface area (Å²) in [4.78, 5) is 11.9. The highest BCUT2D eigenvalue weighted by Crippen LogP contribution is 2.19. The van der Waals surface area contributed by atoms with Gasteiger partial charge in [0.25, 0.3) is 0 Å². The topological polar surface area (TPSA) is 52.3 Å². The van der Waals surface area contributed by atoms with E-state index in [2.05, 4.69) is 0 Å². The molecule has 88 valence electrons. The van der Waals surface area contributed by atoms with Gasteiger partial charge in [-0.3, -0.25) is 0 Å². The van der Waals surface area contributed by atoms with E-state index in [1.54, 1.807) is 6.07 Å². The highest BCUT2D eigenvalue weighted by Gasteiger charge is 2.17. The fourth-order valence-corrected chi connectivity index (χ4v) is 1.63.